The Hall–Kier alpha value is -3.61. The molecule has 0 unspecified atom stereocenters. The van der Waals surface area contributed by atoms with Gasteiger partial charge in [-0.25, -0.2) is 9.48 Å². The molecule has 1 aliphatic rings. The van der Waals surface area contributed by atoms with Crippen LogP contribution in [0.5, 0.6) is 0 Å². The van der Waals surface area contributed by atoms with E-state index in [1.165, 1.54) is 17.2 Å². The third kappa shape index (κ3) is 2.25. The van der Waals surface area contributed by atoms with Crippen LogP contribution in [-0.2, 0) is 11.3 Å². The molecule has 7 heteroatoms. The lowest BCUT2D eigenvalue weighted by atomic mass is 10.0. The minimum atomic E-state index is -1.02. The number of hydrogen-bond acceptors (Lipinski definition) is 4. The van der Waals surface area contributed by atoms with E-state index in [0.29, 0.717) is 5.95 Å². The molecule has 2 aromatic heterocycles. The first kappa shape index (κ1) is 15.6. The fourth-order valence-corrected chi connectivity index (χ4v) is 3.89. The fourth-order valence-electron chi connectivity index (χ4n) is 3.89. The number of rotatable bonds is 3. The highest BCUT2D eigenvalue weighted by Crippen LogP contribution is 2.34. The summed E-state index contributed by atoms with van der Waals surface area (Å²) in [6.45, 7) is 3.02. The maximum absolute atomic E-state index is 11.5. The topological polar surface area (TPSA) is 85.0 Å². The lowest BCUT2D eigenvalue weighted by Gasteiger charge is -2.22. The third-order valence-corrected chi connectivity index (χ3v) is 5.09. The second kappa shape index (κ2) is 5.70. The number of para-hydroxylation sites is 1. The number of aromatic nitrogens is 4. The molecule has 134 valence electrons. The smallest absolute Gasteiger partial charge is 0.352 e. The number of benzene rings is 2. The number of hydrogen-bond donors (Lipinski definition) is 2. The van der Waals surface area contributed by atoms with Crippen molar-refractivity contribution in [3.63, 3.8) is 0 Å². The van der Waals surface area contributed by atoms with E-state index in [-0.39, 0.29) is 11.7 Å². The molecule has 2 aromatic carbocycles. The van der Waals surface area contributed by atoms with Gasteiger partial charge in [0.25, 0.3) is 0 Å². The van der Waals surface area contributed by atoms with E-state index in [9.17, 15) is 9.90 Å². The molecule has 0 saturated carbocycles. The van der Waals surface area contributed by atoms with Gasteiger partial charge in [-0.05, 0) is 36.8 Å². The Bertz CT molecular complexity index is 1230. The van der Waals surface area contributed by atoms with Crippen LogP contribution >= 0.6 is 0 Å². The first-order chi connectivity index (χ1) is 13.2. The van der Waals surface area contributed by atoms with Crippen molar-refractivity contribution in [1.82, 2.24) is 19.3 Å². The molecular formula is C20H17N5O2. The summed E-state index contributed by atoms with van der Waals surface area (Å²) in [6.07, 6.45) is 3.10. The molecule has 0 spiro atoms. The van der Waals surface area contributed by atoms with E-state index in [1.807, 2.05) is 18.2 Å². The Morgan fingerprint density at radius 3 is 2.81 bits per heavy atom. The van der Waals surface area contributed by atoms with E-state index in [0.717, 1.165) is 23.0 Å². The molecule has 3 heterocycles. The van der Waals surface area contributed by atoms with Crippen LogP contribution in [0.15, 0.2) is 60.6 Å². The molecule has 4 aromatic rings. The molecule has 5 rings (SSSR count). The Morgan fingerprint density at radius 1 is 1.19 bits per heavy atom. The van der Waals surface area contributed by atoms with E-state index >= 15 is 0 Å². The second-order valence-electron chi connectivity index (χ2n) is 6.52. The normalized spacial score (nSPS) is 16.2. The molecule has 2 N–H and O–H groups in total. The third-order valence-electron chi connectivity index (χ3n) is 5.09. The van der Waals surface area contributed by atoms with Crippen LogP contribution in [0.25, 0.3) is 21.8 Å². The van der Waals surface area contributed by atoms with Crippen molar-refractivity contribution in [3.8, 4) is 0 Å². The Balaban J connectivity index is 1.75. The van der Waals surface area contributed by atoms with Crippen molar-refractivity contribution < 1.29 is 9.90 Å². The summed E-state index contributed by atoms with van der Waals surface area (Å²) in [5, 5.41) is 18.8. The summed E-state index contributed by atoms with van der Waals surface area (Å²) in [5.41, 5.74) is 3.43. The van der Waals surface area contributed by atoms with Crippen LogP contribution in [0.2, 0.25) is 0 Å². The predicted octanol–water partition coefficient (Wildman–Crippen LogP) is 3.39. The highest BCUT2D eigenvalue weighted by Gasteiger charge is 2.26. The van der Waals surface area contributed by atoms with Crippen molar-refractivity contribution >= 4 is 33.7 Å². The van der Waals surface area contributed by atoms with Crippen molar-refractivity contribution in [2.75, 3.05) is 5.32 Å². The summed E-state index contributed by atoms with van der Waals surface area (Å²) < 4.78 is 3.99. The molecule has 0 bridgehead atoms. The van der Waals surface area contributed by atoms with Crippen LogP contribution in [0, 0.1) is 0 Å². The monoisotopic (exact) mass is 359 g/mol. The van der Waals surface area contributed by atoms with Crippen LogP contribution in [0.1, 0.15) is 18.5 Å². The van der Waals surface area contributed by atoms with Gasteiger partial charge in [-0.3, -0.25) is 0 Å². The van der Waals surface area contributed by atoms with Gasteiger partial charge in [0.1, 0.15) is 18.1 Å². The predicted molar refractivity (Wildman–Crippen MR) is 103 cm³/mol. The lowest BCUT2D eigenvalue weighted by Crippen LogP contribution is -2.24. The van der Waals surface area contributed by atoms with Crippen LogP contribution in [0.4, 0.5) is 5.95 Å². The number of fused-ring (bicyclic) bond motifs is 4. The molecule has 1 aliphatic heterocycles. The highest BCUT2D eigenvalue weighted by molar-refractivity contribution is 6.08. The number of carbonyl (C=O) groups is 1. The van der Waals surface area contributed by atoms with Gasteiger partial charge in [0, 0.05) is 28.4 Å². The zero-order chi connectivity index (χ0) is 18.5. The number of nitrogens with zero attached hydrogens (tertiary/aromatic N) is 4. The lowest BCUT2D eigenvalue weighted by molar-refractivity contribution is -0.132. The standard InChI is InChI=1S/C20H17N5O2/c1-2-24-16-6-4-3-5-13(16)14-9-12(7-8-17(14)24)18-10-15(19(26)27)23-20-21-11-22-25(18)20/h3-11,18H,2H2,1H3,(H,26,27)(H,21,22,23)/t18-/m1/s1. The quantitative estimate of drug-likeness (QED) is 0.586. The van der Waals surface area contributed by atoms with E-state index in [1.54, 1.807) is 10.8 Å². The van der Waals surface area contributed by atoms with E-state index < -0.39 is 5.97 Å². The minimum Gasteiger partial charge on any atom is -0.477 e. The average molecular weight is 359 g/mol. The number of allylic oxidation sites excluding steroid dienone is 1. The fraction of sp³-hybridized carbons (Fsp3) is 0.150. The van der Waals surface area contributed by atoms with E-state index in [4.69, 9.17) is 0 Å². The van der Waals surface area contributed by atoms with Gasteiger partial charge in [0.2, 0.25) is 5.95 Å². The zero-order valence-electron chi connectivity index (χ0n) is 14.6. The van der Waals surface area contributed by atoms with Gasteiger partial charge >= 0.3 is 5.97 Å². The maximum Gasteiger partial charge on any atom is 0.352 e. The molecule has 0 fully saturated rings. The van der Waals surface area contributed by atoms with Crippen LogP contribution in [-0.4, -0.2) is 30.4 Å². The molecular weight excluding hydrogens is 342 g/mol. The number of anilines is 1. The van der Waals surface area contributed by atoms with Gasteiger partial charge in [-0.2, -0.15) is 10.1 Å². The van der Waals surface area contributed by atoms with Crippen molar-refractivity contribution in [1.29, 1.82) is 0 Å². The SMILES string of the molecule is CCn1c2ccccc2c2cc([C@H]3C=C(C(=O)O)Nc4ncnn43)ccc21. The molecule has 7 nitrogen and oxygen atoms in total. The van der Waals surface area contributed by atoms with Crippen LogP contribution in [0.3, 0.4) is 0 Å². The van der Waals surface area contributed by atoms with Gasteiger partial charge < -0.3 is 15.0 Å². The van der Waals surface area contributed by atoms with Crippen LogP contribution < -0.4 is 5.32 Å². The Kier molecular flexibility index (Phi) is 3.30. The Labute approximate surface area is 154 Å². The second-order valence-corrected chi connectivity index (χ2v) is 6.52. The summed E-state index contributed by atoms with van der Waals surface area (Å²) >= 11 is 0. The van der Waals surface area contributed by atoms with Crippen molar-refractivity contribution in [2.24, 2.45) is 0 Å². The molecule has 0 saturated heterocycles. The highest BCUT2D eigenvalue weighted by atomic mass is 16.4. The Morgan fingerprint density at radius 2 is 2.00 bits per heavy atom. The van der Waals surface area contributed by atoms with Gasteiger partial charge in [0.05, 0.1) is 0 Å². The maximum atomic E-state index is 11.5. The average Bonchev–Trinajstić information content (AvgIpc) is 3.29. The zero-order valence-corrected chi connectivity index (χ0v) is 14.6. The number of nitrogens with one attached hydrogen (secondary N) is 1. The molecule has 0 aliphatic carbocycles. The molecule has 0 radical (unpaired) electrons. The number of aliphatic carboxylic acids is 1. The van der Waals surface area contributed by atoms with E-state index in [2.05, 4.69) is 51.2 Å². The number of aryl methyl sites for hydroxylation is 1. The molecule has 1 atom stereocenters. The summed E-state index contributed by atoms with van der Waals surface area (Å²) in [4.78, 5) is 15.6. The molecule has 0 amide bonds. The minimum absolute atomic E-state index is 0.108. The van der Waals surface area contributed by atoms with Gasteiger partial charge in [0.15, 0.2) is 0 Å². The number of carboxylic acid groups (broad SMARTS) is 1. The largest absolute Gasteiger partial charge is 0.477 e. The molecule has 27 heavy (non-hydrogen) atoms. The number of carboxylic acids is 1. The first-order valence-electron chi connectivity index (χ1n) is 8.80. The van der Waals surface area contributed by atoms with Crippen molar-refractivity contribution in [3.05, 3.63) is 66.1 Å². The first-order valence-corrected chi connectivity index (χ1v) is 8.80. The summed E-state index contributed by atoms with van der Waals surface area (Å²) in [7, 11) is 0. The summed E-state index contributed by atoms with van der Waals surface area (Å²) in [5.74, 6) is -0.589. The summed E-state index contributed by atoms with van der Waals surface area (Å²) in [6, 6.07) is 14.3. The van der Waals surface area contributed by atoms with Gasteiger partial charge in [-0.15, -0.1) is 0 Å². The van der Waals surface area contributed by atoms with Gasteiger partial charge in [-0.1, -0.05) is 24.3 Å². The van der Waals surface area contributed by atoms with Crippen molar-refractivity contribution in [2.45, 2.75) is 19.5 Å².